The zero-order valence-electron chi connectivity index (χ0n) is 14.0. The highest BCUT2D eigenvalue weighted by Gasteiger charge is 2.34. The number of sulfonamides is 1. The van der Waals surface area contributed by atoms with E-state index in [4.69, 9.17) is 5.11 Å². The molecule has 0 radical (unpaired) electrons. The molecule has 10 nitrogen and oxygen atoms in total. The molecule has 11 heteroatoms. The first-order valence-electron chi connectivity index (χ1n) is 7.90. The summed E-state index contributed by atoms with van der Waals surface area (Å²) in [4.78, 5) is 33.0. The van der Waals surface area contributed by atoms with Crippen LogP contribution in [0, 0.1) is 16.0 Å². The number of nitrogens with zero attached hydrogens (tertiary/aromatic N) is 2. The molecule has 1 heterocycles. The molecular weight excluding hydrogens is 366 g/mol. The standard InChI is InChI=1S/C15H19N3O7S/c1-10(15(20)21)16-14(19)11-3-2-8-17(9-11)26(24,25)13-6-4-12(5-7-13)18(22)23/h4-7,10-11H,2-3,8-9H2,1H3,(H,16,19)(H,20,21). The number of nitro benzene ring substituents is 1. The Hall–Kier alpha value is -2.53. The van der Waals surface area contributed by atoms with Gasteiger partial charge in [0, 0.05) is 25.2 Å². The lowest BCUT2D eigenvalue weighted by Crippen LogP contribution is -2.48. The molecule has 26 heavy (non-hydrogen) atoms. The quantitative estimate of drug-likeness (QED) is 0.538. The number of nitrogens with one attached hydrogen (secondary N) is 1. The third-order valence-corrected chi connectivity index (χ3v) is 6.05. The molecule has 1 aromatic rings. The number of carbonyl (C=O) groups excluding carboxylic acids is 1. The maximum absolute atomic E-state index is 12.7. The van der Waals surface area contributed by atoms with Gasteiger partial charge in [-0.25, -0.2) is 8.42 Å². The summed E-state index contributed by atoms with van der Waals surface area (Å²) in [5.41, 5.74) is -0.220. The van der Waals surface area contributed by atoms with Crippen molar-refractivity contribution in [2.45, 2.75) is 30.7 Å². The van der Waals surface area contributed by atoms with Crippen LogP contribution in [0.25, 0.3) is 0 Å². The van der Waals surface area contributed by atoms with E-state index in [1.165, 1.54) is 6.92 Å². The zero-order chi connectivity index (χ0) is 19.5. The first-order valence-corrected chi connectivity index (χ1v) is 9.34. The second kappa shape index (κ2) is 7.79. The Kier molecular flexibility index (Phi) is 5.93. The number of non-ortho nitro benzene ring substituents is 1. The van der Waals surface area contributed by atoms with Crippen molar-refractivity contribution in [3.8, 4) is 0 Å². The number of hydrogen-bond donors (Lipinski definition) is 2. The van der Waals surface area contributed by atoms with E-state index in [0.717, 1.165) is 28.6 Å². The molecule has 1 fully saturated rings. The number of amides is 1. The molecule has 2 N–H and O–H groups in total. The minimum Gasteiger partial charge on any atom is -0.480 e. The smallest absolute Gasteiger partial charge is 0.325 e. The van der Waals surface area contributed by atoms with Gasteiger partial charge in [-0.1, -0.05) is 0 Å². The topological polar surface area (TPSA) is 147 Å². The first kappa shape index (κ1) is 19.8. The van der Waals surface area contributed by atoms with Gasteiger partial charge in [0.05, 0.1) is 15.7 Å². The maximum atomic E-state index is 12.7. The molecule has 1 aliphatic rings. The molecule has 2 atom stereocenters. The minimum absolute atomic E-state index is 0.0719. The van der Waals surface area contributed by atoms with Crippen LogP contribution < -0.4 is 5.32 Å². The van der Waals surface area contributed by atoms with E-state index < -0.39 is 38.8 Å². The van der Waals surface area contributed by atoms with Gasteiger partial charge in [0.25, 0.3) is 5.69 Å². The third-order valence-electron chi connectivity index (χ3n) is 4.17. The van der Waals surface area contributed by atoms with Crippen molar-refractivity contribution >= 4 is 27.6 Å². The van der Waals surface area contributed by atoms with E-state index in [9.17, 15) is 28.1 Å². The molecule has 2 unspecified atom stereocenters. The summed E-state index contributed by atoms with van der Waals surface area (Å²) in [5.74, 6) is -2.34. The fourth-order valence-electron chi connectivity index (χ4n) is 2.66. The van der Waals surface area contributed by atoms with Gasteiger partial charge in [0.2, 0.25) is 15.9 Å². The Morgan fingerprint density at radius 3 is 2.50 bits per heavy atom. The summed E-state index contributed by atoms with van der Waals surface area (Å²) in [5, 5.41) is 21.9. The second-order valence-electron chi connectivity index (χ2n) is 6.02. The fraction of sp³-hybridized carbons (Fsp3) is 0.467. The number of hydrogen-bond acceptors (Lipinski definition) is 6. The lowest BCUT2D eigenvalue weighted by atomic mass is 9.98. The van der Waals surface area contributed by atoms with E-state index in [0.29, 0.717) is 12.8 Å². The van der Waals surface area contributed by atoms with Crippen molar-refractivity contribution in [2.24, 2.45) is 5.92 Å². The first-order chi connectivity index (χ1) is 12.1. The Bertz CT molecular complexity index is 807. The lowest BCUT2D eigenvalue weighted by Gasteiger charge is -2.31. The van der Waals surface area contributed by atoms with Gasteiger partial charge in [-0.05, 0) is 31.9 Å². The number of nitro groups is 1. The molecule has 0 aromatic heterocycles. The summed E-state index contributed by atoms with van der Waals surface area (Å²) in [6.07, 6.45) is 0.899. The number of carbonyl (C=O) groups is 2. The molecule has 1 aliphatic heterocycles. The Labute approximate surface area is 150 Å². The monoisotopic (exact) mass is 385 g/mol. The van der Waals surface area contributed by atoms with E-state index in [1.54, 1.807) is 0 Å². The minimum atomic E-state index is -3.90. The van der Waals surface area contributed by atoms with Gasteiger partial charge in [-0.2, -0.15) is 4.31 Å². The summed E-state index contributed by atoms with van der Waals surface area (Å²) in [6, 6.07) is 3.46. The van der Waals surface area contributed by atoms with Crippen LogP contribution >= 0.6 is 0 Å². The van der Waals surface area contributed by atoms with E-state index in [1.807, 2.05) is 0 Å². The normalized spacial score (nSPS) is 19.5. The number of aliphatic carboxylic acids is 1. The molecule has 0 saturated carbocycles. The lowest BCUT2D eigenvalue weighted by molar-refractivity contribution is -0.384. The number of carboxylic acid groups (broad SMARTS) is 1. The van der Waals surface area contributed by atoms with Crippen LogP contribution in [0.5, 0.6) is 0 Å². The molecule has 142 valence electrons. The molecule has 0 bridgehead atoms. The van der Waals surface area contributed by atoms with Crippen molar-refractivity contribution in [2.75, 3.05) is 13.1 Å². The molecule has 0 aliphatic carbocycles. The summed E-state index contributed by atoms with van der Waals surface area (Å²) < 4.78 is 26.5. The third kappa shape index (κ3) is 4.35. The molecule has 0 spiro atoms. The largest absolute Gasteiger partial charge is 0.480 e. The van der Waals surface area contributed by atoms with Crippen molar-refractivity contribution in [1.82, 2.24) is 9.62 Å². The van der Waals surface area contributed by atoms with Crippen molar-refractivity contribution < 1.29 is 28.0 Å². The van der Waals surface area contributed by atoms with Crippen LogP contribution in [0.1, 0.15) is 19.8 Å². The highest BCUT2D eigenvalue weighted by atomic mass is 32.2. The maximum Gasteiger partial charge on any atom is 0.325 e. The summed E-state index contributed by atoms with van der Waals surface area (Å²) >= 11 is 0. The van der Waals surface area contributed by atoms with Crippen LogP contribution in [-0.4, -0.2) is 53.8 Å². The molecular formula is C15H19N3O7S. The number of benzene rings is 1. The second-order valence-corrected chi connectivity index (χ2v) is 7.96. The highest BCUT2D eigenvalue weighted by Crippen LogP contribution is 2.25. The number of piperidine rings is 1. The van der Waals surface area contributed by atoms with E-state index in [-0.39, 0.29) is 23.7 Å². The van der Waals surface area contributed by atoms with Gasteiger partial charge in [-0.15, -0.1) is 0 Å². The van der Waals surface area contributed by atoms with Crippen LogP contribution in [-0.2, 0) is 19.6 Å². The van der Waals surface area contributed by atoms with Gasteiger partial charge >= 0.3 is 5.97 Å². The van der Waals surface area contributed by atoms with Crippen molar-refractivity contribution in [1.29, 1.82) is 0 Å². The number of carboxylic acids is 1. The van der Waals surface area contributed by atoms with Gasteiger partial charge in [0.15, 0.2) is 0 Å². The van der Waals surface area contributed by atoms with Crippen LogP contribution in [0.15, 0.2) is 29.2 Å². The highest BCUT2D eigenvalue weighted by molar-refractivity contribution is 7.89. The Morgan fingerprint density at radius 1 is 1.35 bits per heavy atom. The molecule has 2 rings (SSSR count). The predicted octanol–water partition coefficient (Wildman–Crippen LogP) is 0.585. The van der Waals surface area contributed by atoms with E-state index in [2.05, 4.69) is 5.32 Å². The SMILES string of the molecule is CC(NC(=O)C1CCCN(S(=O)(=O)c2ccc([N+](=O)[O-])cc2)C1)C(=O)O. The van der Waals surface area contributed by atoms with Crippen LogP contribution in [0.4, 0.5) is 5.69 Å². The average Bonchev–Trinajstić information content (AvgIpc) is 2.61. The molecule has 1 saturated heterocycles. The van der Waals surface area contributed by atoms with Gasteiger partial charge in [0.1, 0.15) is 6.04 Å². The zero-order valence-corrected chi connectivity index (χ0v) is 14.8. The summed E-state index contributed by atoms with van der Waals surface area (Å²) in [7, 11) is -3.90. The number of rotatable bonds is 6. The van der Waals surface area contributed by atoms with Crippen LogP contribution in [0.2, 0.25) is 0 Å². The summed E-state index contributed by atoms with van der Waals surface area (Å²) in [6.45, 7) is 1.48. The van der Waals surface area contributed by atoms with E-state index >= 15 is 0 Å². The predicted molar refractivity (Wildman–Crippen MR) is 89.8 cm³/mol. The fourth-order valence-corrected chi connectivity index (χ4v) is 4.18. The van der Waals surface area contributed by atoms with Crippen molar-refractivity contribution in [3.05, 3.63) is 34.4 Å². The molecule has 1 aromatic carbocycles. The van der Waals surface area contributed by atoms with Gasteiger partial charge < -0.3 is 10.4 Å². The average molecular weight is 385 g/mol. The Balaban J connectivity index is 2.13. The Morgan fingerprint density at radius 2 is 1.96 bits per heavy atom. The van der Waals surface area contributed by atoms with Gasteiger partial charge in [-0.3, -0.25) is 19.7 Å². The van der Waals surface area contributed by atoms with Crippen LogP contribution in [0.3, 0.4) is 0 Å². The van der Waals surface area contributed by atoms with Crippen molar-refractivity contribution in [3.63, 3.8) is 0 Å². The molecule has 1 amide bonds.